The van der Waals surface area contributed by atoms with Gasteiger partial charge in [0.05, 0.1) is 0 Å². The van der Waals surface area contributed by atoms with E-state index in [1.807, 2.05) is 18.7 Å². The topological polar surface area (TPSA) is 20.3 Å². The van der Waals surface area contributed by atoms with Crippen LogP contribution in [0.15, 0.2) is 24.3 Å². The summed E-state index contributed by atoms with van der Waals surface area (Å²) in [5, 5.41) is 0. The van der Waals surface area contributed by atoms with E-state index in [1.165, 1.54) is 11.1 Å². The van der Waals surface area contributed by atoms with Gasteiger partial charge in [-0.25, -0.2) is 0 Å². The maximum Gasteiger partial charge on any atom is 0.223 e. The Bertz CT molecular complexity index is 396. The summed E-state index contributed by atoms with van der Waals surface area (Å²) in [7, 11) is 0. The van der Waals surface area contributed by atoms with Crippen LogP contribution in [0.5, 0.6) is 0 Å². The van der Waals surface area contributed by atoms with Crippen LogP contribution in [-0.4, -0.2) is 23.9 Å². The van der Waals surface area contributed by atoms with E-state index in [9.17, 15) is 4.79 Å². The Morgan fingerprint density at radius 2 is 2.00 bits per heavy atom. The smallest absolute Gasteiger partial charge is 0.223 e. The van der Waals surface area contributed by atoms with Gasteiger partial charge in [0.15, 0.2) is 0 Å². The van der Waals surface area contributed by atoms with E-state index in [-0.39, 0.29) is 0 Å². The van der Waals surface area contributed by atoms with Crippen LogP contribution in [0, 0.1) is 0 Å². The predicted octanol–water partition coefficient (Wildman–Crippen LogP) is 2.97. The van der Waals surface area contributed by atoms with E-state index in [0.29, 0.717) is 18.2 Å². The van der Waals surface area contributed by atoms with Crippen LogP contribution in [0.2, 0.25) is 0 Å². The van der Waals surface area contributed by atoms with Gasteiger partial charge >= 0.3 is 0 Å². The van der Waals surface area contributed by atoms with Crippen LogP contribution in [0.1, 0.15) is 43.7 Å². The van der Waals surface area contributed by atoms with Crippen molar-refractivity contribution < 1.29 is 4.79 Å². The maximum atomic E-state index is 12.1. The number of hydrogen-bond acceptors (Lipinski definition) is 1. The highest BCUT2D eigenvalue weighted by molar-refractivity contribution is 5.77. The molecule has 0 fully saturated rings. The first-order chi connectivity index (χ1) is 8.26. The summed E-state index contributed by atoms with van der Waals surface area (Å²) in [6.45, 7) is 5.74. The van der Waals surface area contributed by atoms with Crippen LogP contribution < -0.4 is 0 Å². The summed E-state index contributed by atoms with van der Waals surface area (Å²) in [5.41, 5.74) is 2.83. The van der Waals surface area contributed by atoms with Crippen molar-refractivity contribution in [2.45, 2.75) is 39.0 Å². The minimum absolute atomic E-state index is 0.303. The van der Waals surface area contributed by atoms with E-state index in [2.05, 4.69) is 24.3 Å². The minimum atomic E-state index is 0.303. The fraction of sp³-hybridized carbons (Fsp3) is 0.533. The molecule has 2 heteroatoms. The average Bonchev–Trinajstić information content (AvgIpc) is 2.74. The lowest BCUT2D eigenvalue weighted by Gasteiger charge is -2.21. The third-order valence-electron chi connectivity index (χ3n) is 3.79. The molecule has 0 aliphatic heterocycles. The predicted molar refractivity (Wildman–Crippen MR) is 70.0 cm³/mol. The molecule has 2 nitrogen and oxygen atoms in total. The number of nitrogens with zero attached hydrogens (tertiary/aromatic N) is 1. The number of amides is 1. The second kappa shape index (κ2) is 5.35. The number of carbonyl (C=O) groups excluding carboxylic acids is 1. The minimum Gasteiger partial charge on any atom is -0.343 e. The molecule has 1 atom stereocenters. The Morgan fingerprint density at radius 3 is 2.71 bits per heavy atom. The monoisotopic (exact) mass is 231 g/mol. The second-order valence-corrected chi connectivity index (χ2v) is 4.70. The Kier molecular flexibility index (Phi) is 3.82. The molecule has 0 aromatic heterocycles. The van der Waals surface area contributed by atoms with Crippen LogP contribution in [0.4, 0.5) is 0 Å². The molecule has 1 aromatic carbocycles. The van der Waals surface area contributed by atoms with Gasteiger partial charge in [-0.2, -0.15) is 0 Å². The lowest BCUT2D eigenvalue weighted by Crippen LogP contribution is -2.31. The molecule has 0 bridgehead atoms. The summed E-state index contributed by atoms with van der Waals surface area (Å²) < 4.78 is 0. The first kappa shape index (κ1) is 12.2. The van der Waals surface area contributed by atoms with Gasteiger partial charge in [-0.3, -0.25) is 4.79 Å². The Hall–Kier alpha value is -1.31. The van der Waals surface area contributed by atoms with Crippen molar-refractivity contribution in [1.82, 2.24) is 4.90 Å². The van der Waals surface area contributed by atoms with Crippen molar-refractivity contribution >= 4 is 5.91 Å². The fourth-order valence-electron chi connectivity index (χ4n) is 2.77. The highest BCUT2D eigenvalue weighted by atomic mass is 16.2. The van der Waals surface area contributed by atoms with Gasteiger partial charge in [0.25, 0.3) is 0 Å². The molecule has 0 radical (unpaired) electrons. The quantitative estimate of drug-likeness (QED) is 0.780. The number of rotatable bonds is 4. The first-order valence-electron chi connectivity index (χ1n) is 6.61. The van der Waals surface area contributed by atoms with Crippen molar-refractivity contribution in [3.63, 3.8) is 0 Å². The molecule has 2 rings (SSSR count). The lowest BCUT2D eigenvalue weighted by molar-refractivity contribution is -0.131. The first-order valence-corrected chi connectivity index (χ1v) is 6.61. The van der Waals surface area contributed by atoms with Gasteiger partial charge in [-0.1, -0.05) is 24.3 Å². The van der Waals surface area contributed by atoms with Crippen molar-refractivity contribution in [2.75, 3.05) is 13.1 Å². The van der Waals surface area contributed by atoms with Gasteiger partial charge in [-0.15, -0.1) is 0 Å². The second-order valence-electron chi connectivity index (χ2n) is 4.70. The van der Waals surface area contributed by atoms with Crippen LogP contribution in [0.3, 0.4) is 0 Å². The third-order valence-corrected chi connectivity index (χ3v) is 3.79. The molecule has 0 saturated heterocycles. The molecule has 0 heterocycles. The highest BCUT2D eigenvalue weighted by Crippen LogP contribution is 2.35. The Balaban J connectivity index is 2.04. The Morgan fingerprint density at radius 1 is 1.29 bits per heavy atom. The number of aryl methyl sites for hydroxylation is 1. The van der Waals surface area contributed by atoms with Crippen LogP contribution in [0.25, 0.3) is 0 Å². The normalized spacial score (nSPS) is 17.9. The maximum absolute atomic E-state index is 12.1. The molecule has 1 aliphatic rings. The van der Waals surface area contributed by atoms with E-state index in [0.717, 1.165) is 25.9 Å². The molecule has 0 N–H and O–H groups in total. The van der Waals surface area contributed by atoms with Gasteiger partial charge in [-0.05, 0) is 43.7 Å². The van der Waals surface area contributed by atoms with Crippen molar-refractivity contribution in [2.24, 2.45) is 0 Å². The van der Waals surface area contributed by atoms with Gasteiger partial charge in [0.1, 0.15) is 0 Å². The molecule has 1 aromatic rings. The molecule has 1 aliphatic carbocycles. The van der Waals surface area contributed by atoms with E-state index in [4.69, 9.17) is 0 Å². The van der Waals surface area contributed by atoms with Crippen LogP contribution >= 0.6 is 0 Å². The van der Waals surface area contributed by atoms with E-state index >= 15 is 0 Å². The van der Waals surface area contributed by atoms with Crippen molar-refractivity contribution in [1.29, 1.82) is 0 Å². The van der Waals surface area contributed by atoms with Gasteiger partial charge < -0.3 is 4.90 Å². The van der Waals surface area contributed by atoms with Crippen molar-refractivity contribution in [3.05, 3.63) is 35.4 Å². The van der Waals surface area contributed by atoms with Crippen LogP contribution in [-0.2, 0) is 11.2 Å². The number of hydrogen-bond donors (Lipinski definition) is 0. The number of fused-ring (bicyclic) bond motifs is 1. The summed E-state index contributed by atoms with van der Waals surface area (Å²) in [5.74, 6) is 0.746. The molecule has 17 heavy (non-hydrogen) atoms. The zero-order valence-corrected chi connectivity index (χ0v) is 10.8. The zero-order valence-electron chi connectivity index (χ0n) is 10.8. The lowest BCUT2D eigenvalue weighted by atomic mass is 9.97. The number of carbonyl (C=O) groups is 1. The molecule has 0 saturated carbocycles. The zero-order chi connectivity index (χ0) is 12.3. The summed E-state index contributed by atoms with van der Waals surface area (Å²) in [6, 6.07) is 8.55. The molecule has 1 amide bonds. The van der Waals surface area contributed by atoms with E-state index in [1.54, 1.807) is 0 Å². The van der Waals surface area contributed by atoms with Gasteiger partial charge in [0, 0.05) is 19.5 Å². The summed E-state index contributed by atoms with van der Waals surface area (Å²) in [6.07, 6.45) is 2.94. The van der Waals surface area contributed by atoms with Gasteiger partial charge in [0.2, 0.25) is 5.91 Å². The molecule has 0 spiro atoms. The fourth-order valence-corrected chi connectivity index (χ4v) is 2.77. The molecular formula is C15H21NO. The number of benzene rings is 1. The van der Waals surface area contributed by atoms with Crippen molar-refractivity contribution in [3.8, 4) is 0 Å². The highest BCUT2D eigenvalue weighted by Gasteiger charge is 2.25. The average molecular weight is 231 g/mol. The summed E-state index contributed by atoms with van der Waals surface area (Å²) in [4.78, 5) is 14.0. The Labute approximate surface area is 104 Å². The van der Waals surface area contributed by atoms with E-state index < -0.39 is 0 Å². The molecular weight excluding hydrogens is 210 g/mol. The third kappa shape index (κ3) is 2.51. The standard InChI is InChI=1S/C15H21NO/c1-3-16(4-2)15(17)11-13-10-9-12-7-5-6-8-14(12)13/h5-8,13H,3-4,9-11H2,1-2H3/t13-/m0/s1. The largest absolute Gasteiger partial charge is 0.343 e. The SMILES string of the molecule is CCN(CC)C(=O)C[C@@H]1CCc2ccccc21. The summed E-state index contributed by atoms with van der Waals surface area (Å²) >= 11 is 0. The molecule has 92 valence electrons. The molecule has 0 unspecified atom stereocenters.